The summed E-state index contributed by atoms with van der Waals surface area (Å²) in [5.74, 6) is -5.85. The van der Waals surface area contributed by atoms with Gasteiger partial charge in [-0.25, -0.2) is 0 Å². The molecule has 0 aromatic heterocycles. The normalized spacial score (nSPS) is 15.5. The fourth-order valence-electron chi connectivity index (χ4n) is 8.34. The number of rotatable bonds is 22. The maximum atomic E-state index is 14.6. The van der Waals surface area contributed by atoms with Crippen molar-refractivity contribution in [3.8, 4) is 0 Å². The van der Waals surface area contributed by atoms with Crippen LogP contribution in [0.25, 0.3) is 10.8 Å². The first-order chi connectivity index (χ1) is 33.4. The van der Waals surface area contributed by atoms with Gasteiger partial charge in [-0.2, -0.15) is 8.42 Å². The van der Waals surface area contributed by atoms with Crippen LogP contribution in [0.5, 0.6) is 0 Å². The van der Waals surface area contributed by atoms with Crippen LogP contribution in [0.2, 0.25) is 15.1 Å². The van der Waals surface area contributed by atoms with E-state index in [1.165, 1.54) is 41.3 Å². The molecule has 0 saturated carbocycles. The van der Waals surface area contributed by atoms with Gasteiger partial charge in [0.2, 0.25) is 29.5 Å². The van der Waals surface area contributed by atoms with Gasteiger partial charge >= 0.3 is 5.97 Å². The monoisotopic (exact) mass is 1060 g/mol. The molecule has 0 spiro atoms. The van der Waals surface area contributed by atoms with Crippen molar-refractivity contribution in [3.63, 3.8) is 0 Å². The van der Waals surface area contributed by atoms with Crippen molar-refractivity contribution < 1.29 is 51.6 Å². The minimum absolute atomic E-state index is 0.000294. The number of hydrogen-bond acceptors (Lipinski definition) is 9. The van der Waals surface area contributed by atoms with Crippen LogP contribution in [0.4, 0.5) is 0 Å². The van der Waals surface area contributed by atoms with Crippen molar-refractivity contribution in [3.05, 3.63) is 116 Å². The number of carboxylic acids is 1. The second-order valence-electron chi connectivity index (χ2n) is 18.5. The standard InChI is InChI=1S/C50H59Cl3N6O11S/c1-5-11-37(55-44(62)38(26-29-19-21-30(22-20-29)28-71(68,69)70)57-48(66)42-34(51)23-24-35(52)43(42)53)49(67)59-25-10-17-40(59)47(65)56-39(27-32-14-8-13-31-12-6-7-15-33(31)32)45(63)54-36(16-9-18-41(60)61)46(64)58-50(2,3)4/h6-8,12-15,19-24,36-40H,5,9-11,16-18,25-28H2,1-4H3,(H,54,63)(H,55,62)(H,56,65)(H,57,66)(H,58,64)(H,60,61)(H,68,69,70)/t36-,37-,38-,39-,40-/m0/s1. The highest BCUT2D eigenvalue weighted by atomic mass is 35.5. The maximum absolute atomic E-state index is 14.6. The van der Waals surface area contributed by atoms with Gasteiger partial charge in [-0.15, -0.1) is 0 Å². The number of aliphatic carboxylic acids is 1. The molecule has 0 radical (unpaired) electrons. The lowest BCUT2D eigenvalue weighted by Crippen LogP contribution is -2.59. The quantitative estimate of drug-likeness (QED) is 0.0345. The van der Waals surface area contributed by atoms with Gasteiger partial charge in [0.1, 0.15) is 36.0 Å². The number of carbonyl (C=O) groups excluding carboxylic acids is 6. The van der Waals surface area contributed by atoms with E-state index in [9.17, 15) is 51.6 Å². The number of carbonyl (C=O) groups is 7. The minimum Gasteiger partial charge on any atom is -0.481 e. The zero-order chi connectivity index (χ0) is 52.2. The average molecular weight is 1060 g/mol. The number of nitrogens with one attached hydrogen (secondary N) is 5. The Morgan fingerprint density at radius 3 is 2.00 bits per heavy atom. The molecule has 7 N–H and O–H groups in total. The van der Waals surface area contributed by atoms with Gasteiger partial charge in [-0.05, 0) is 92.5 Å². The van der Waals surface area contributed by atoms with Crippen molar-refractivity contribution >= 4 is 97.1 Å². The fourth-order valence-corrected chi connectivity index (χ4v) is 9.65. The van der Waals surface area contributed by atoms with Crippen LogP contribution in [0.3, 0.4) is 0 Å². The summed E-state index contributed by atoms with van der Waals surface area (Å²) in [6.07, 6.45) is 0.808. The van der Waals surface area contributed by atoms with E-state index in [2.05, 4.69) is 26.6 Å². The highest BCUT2D eigenvalue weighted by Crippen LogP contribution is 2.32. The first kappa shape index (κ1) is 56.1. The third kappa shape index (κ3) is 16.4. The first-order valence-corrected chi connectivity index (χ1v) is 25.9. The topological polar surface area (TPSA) is 257 Å². The first-order valence-electron chi connectivity index (χ1n) is 23.1. The summed E-state index contributed by atoms with van der Waals surface area (Å²) in [6.45, 7) is 7.22. The Kier molecular flexibility index (Phi) is 19.8. The third-order valence-corrected chi connectivity index (χ3v) is 13.5. The molecule has 0 bridgehead atoms. The number of nitrogens with zero attached hydrogens (tertiary/aromatic N) is 1. The molecular weight excluding hydrogens is 999 g/mol. The van der Waals surface area contributed by atoms with Crippen LogP contribution in [-0.4, -0.2) is 107 Å². The molecule has 1 heterocycles. The van der Waals surface area contributed by atoms with Crippen molar-refractivity contribution in [1.29, 1.82) is 0 Å². The molecule has 382 valence electrons. The Morgan fingerprint density at radius 2 is 1.35 bits per heavy atom. The number of halogens is 3. The van der Waals surface area contributed by atoms with Crippen LogP contribution in [0, 0.1) is 0 Å². The molecule has 71 heavy (non-hydrogen) atoms. The molecule has 5 rings (SSSR count). The number of carboxylic acid groups (broad SMARTS) is 1. The van der Waals surface area contributed by atoms with E-state index in [-0.39, 0.29) is 77.7 Å². The lowest BCUT2D eigenvalue weighted by atomic mass is 9.97. The molecule has 5 atom stereocenters. The SMILES string of the molecule is CCC[C@H](NC(=O)[C@H](Cc1ccc(CS(=O)(=O)O)cc1)NC(=O)c1c(Cl)ccc(Cl)c1Cl)C(=O)N1CCC[C@H]1C(=O)N[C@@H](Cc1cccc2ccccc12)C(=O)N[C@@H](CCCC(=O)O)C(=O)NC(C)(C)C. The summed E-state index contributed by atoms with van der Waals surface area (Å²) in [5, 5.41) is 24.7. The van der Waals surface area contributed by atoms with E-state index in [1.54, 1.807) is 27.7 Å². The van der Waals surface area contributed by atoms with Crippen molar-refractivity contribution in [2.24, 2.45) is 0 Å². The molecule has 4 aromatic carbocycles. The van der Waals surface area contributed by atoms with Gasteiger partial charge in [0.15, 0.2) is 0 Å². The largest absolute Gasteiger partial charge is 0.481 e. The number of benzene rings is 4. The zero-order valence-corrected chi connectivity index (χ0v) is 42.8. The summed E-state index contributed by atoms with van der Waals surface area (Å²) >= 11 is 18.9. The molecule has 0 unspecified atom stereocenters. The Morgan fingerprint density at radius 1 is 0.732 bits per heavy atom. The maximum Gasteiger partial charge on any atom is 0.303 e. The van der Waals surface area contributed by atoms with Gasteiger partial charge in [0, 0.05) is 31.3 Å². The number of hydrogen-bond donors (Lipinski definition) is 7. The lowest BCUT2D eigenvalue weighted by Gasteiger charge is -2.31. The van der Waals surface area contributed by atoms with E-state index in [0.29, 0.717) is 24.0 Å². The Labute approximate surface area is 427 Å². The fraction of sp³-hybridized carbons (Fsp3) is 0.420. The predicted octanol–water partition coefficient (Wildman–Crippen LogP) is 6.19. The molecule has 1 aliphatic rings. The Bertz CT molecular complexity index is 2730. The number of likely N-dealkylation sites (tertiary alicyclic amines) is 1. The molecular formula is C50H59Cl3N6O11S. The van der Waals surface area contributed by atoms with Gasteiger partial charge in [-0.3, -0.25) is 38.1 Å². The van der Waals surface area contributed by atoms with Crippen molar-refractivity contribution in [1.82, 2.24) is 31.5 Å². The van der Waals surface area contributed by atoms with E-state index >= 15 is 0 Å². The van der Waals surface area contributed by atoms with E-state index in [0.717, 1.165) is 10.8 Å². The minimum atomic E-state index is -4.34. The summed E-state index contributed by atoms with van der Waals surface area (Å²) in [7, 11) is -4.34. The molecule has 4 aromatic rings. The molecule has 0 aliphatic carbocycles. The van der Waals surface area contributed by atoms with Crippen LogP contribution in [0.15, 0.2) is 78.9 Å². The van der Waals surface area contributed by atoms with Crippen LogP contribution >= 0.6 is 34.8 Å². The highest BCUT2D eigenvalue weighted by Gasteiger charge is 2.40. The number of amides is 6. The molecule has 1 aliphatic heterocycles. The second kappa shape index (κ2) is 25.0. The second-order valence-corrected chi connectivity index (χ2v) is 21.2. The Balaban J connectivity index is 1.41. The van der Waals surface area contributed by atoms with Gasteiger partial charge in [0.05, 0.1) is 20.6 Å². The predicted molar refractivity (Wildman–Crippen MR) is 271 cm³/mol. The molecule has 1 fully saturated rings. The lowest BCUT2D eigenvalue weighted by molar-refractivity contribution is -0.142. The summed E-state index contributed by atoms with van der Waals surface area (Å²) < 4.78 is 32.3. The van der Waals surface area contributed by atoms with Crippen LogP contribution in [0.1, 0.15) is 99.7 Å². The van der Waals surface area contributed by atoms with Gasteiger partial charge in [0.25, 0.3) is 16.0 Å². The van der Waals surface area contributed by atoms with Crippen LogP contribution < -0.4 is 26.6 Å². The molecule has 1 saturated heterocycles. The van der Waals surface area contributed by atoms with E-state index in [4.69, 9.17) is 34.8 Å². The number of fused-ring (bicyclic) bond motifs is 1. The van der Waals surface area contributed by atoms with Crippen LogP contribution in [-0.2, 0) is 57.5 Å². The molecule has 6 amide bonds. The van der Waals surface area contributed by atoms with E-state index < -0.39 is 93.0 Å². The molecule has 17 nitrogen and oxygen atoms in total. The van der Waals surface area contributed by atoms with Gasteiger partial charge < -0.3 is 36.6 Å². The van der Waals surface area contributed by atoms with E-state index in [1.807, 2.05) is 42.5 Å². The summed E-state index contributed by atoms with van der Waals surface area (Å²) in [4.78, 5) is 97.8. The average Bonchev–Trinajstić information content (AvgIpc) is 3.79. The highest BCUT2D eigenvalue weighted by molar-refractivity contribution is 7.85. The van der Waals surface area contributed by atoms with Gasteiger partial charge in [-0.1, -0.05) is 115 Å². The third-order valence-electron chi connectivity index (χ3n) is 11.7. The molecule has 21 heteroatoms. The summed E-state index contributed by atoms with van der Waals surface area (Å²) in [6, 6.07) is 15.6. The smallest absolute Gasteiger partial charge is 0.303 e. The van der Waals surface area contributed by atoms with Crippen molar-refractivity contribution in [2.45, 2.75) is 127 Å². The Hall–Kier alpha value is -5.79. The summed E-state index contributed by atoms with van der Waals surface area (Å²) in [5.41, 5.74) is 0.548. The van der Waals surface area contributed by atoms with Crippen molar-refractivity contribution in [2.75, 3.05) is 6.54 Å². The zero-order valence-electron chi connectivity index (χ0n) is 39.7.